The number of halogens is 4. The van der Waals surface area contributed by atoms with Gasteiger partial charge in [-0.15, -0.1) is 37.2 Å². The Morgan fingerprint density at radius 2 is 1.80 bits per heavy atom. The molecule has 13 heteroatoms. The van der Waals surface area contributed by atoms with Crippen LogP contribution in [-0.4, -0.2) is 38.9 Å². The topological polar surface area (TPSA) is 142 Å². The summed E-state index contributed by atoms with van der Waals surface area (Å²) in [6.45, 7) is 2.00. The van der Waals surface area contributed by atoms with E-state index < -0.39 is 5.91 Å². The molecule has 1 amide bonds. The second kappa shape index (κ2) is 13.5. The van der Waals surface area contributed by atoms with Crippen LogP contribution in [0.4, 0.5) is 11.5 Å². The molecule has 0 radical (unpaired) electrons. The summed E-state index contributed by atoms with van der Waals surface area (Å²) in [5, 5.41) is 18.1. The number of pyridine rings is 1. The highest BCUT2D eigenvalue weighted by Crippen LogP contribution is 2.27. The van der Waals surface area contributed by atoms with Crippen LogP contribution in [0.2, 0.25) is 5.15 Å². The van der Waals surface area contributed by atoms with E-state index in [-0.39, 0.29) is 61.1 Å². The molecular formula is C22H28Cl4N8O. The van der Waals surface area contributed by atoms with Crippen molar-refractivity contribution in [3.8, 4) is 0 Å². The Hall–Kier alpha value is -2.59. The van der Waals surface area contributed by atoms with E-state index in [2.05, 4.69) is 30.9 Å². The normalized spacial score (nSPS) is 16.6. The number of guanidine groups is 1. The molecule has 2 aromatic heterocycles. The van der Waals surface area contributed by atoms with Crippen molar-refractivity contribution in [1.82, 2.24) is 20.3 Å². The molecule has 6 N–H and O–H groups in total. The van der Waals surface area contributed by atoms with E-state index in [4.69, 9.17) is 22.7 Å². The second-order valence-electron chi connectivity index (χ2n) is 7.94. The lowest BCUT2D eigenvalue weighted by Gasteiger charge is -2.33. The molecule has 0 saturated heterocycles. The number of rotatable bonds is 5. The number of aryl methyl sites for hydroxylation is 1. The number of nitrogens with one attached hydrogen (secondary N) is 4. The number of amides is 1. The van der Waals surface area contributed by atoms with Gasteiger partial charge in [-0.2, -0.15) is 0 Å². The number of carbonyl (C=O) groups is 1. The monoisotopic (exact) mass is 560 g/mol. The van der Waals surface area contributed by atoms with Gasteiger partial charge in [-0.05, 0) is 44.0 Å². The third kappa shape index (κ3) is 7.70. The zero-order valence-corrected chi connectivity index (χ0v) is 22.1. The maximum absolute atomic E-state index is 12.9. The summed E-state index contributed by atoms with van der Waals surface area (Å²) in [6, 6.07) is 9.11. The van der Waals surface area contributed by atoms with E-state index in [1.165, 1.54) is 6.20 Å². The largest absolute Gasteiger partial charge is 0.370 e. The van der Waals surface area contributed by atoms with Gasteiger partial charge in [-0.1, -0.05) is 36.1 Å². The summed E-state index contributed by atoms with van der Waals surface area (Å²) in [5.74, 6) is 0.136. The minimum atomic E-state index is -0.443. The maximum atomic E-state index is 12.9. The van der Waals surface area contributed by atoms with Crippen molar-refractivity contribution in [2.75, 3.05) is 10.6 Å². The first-order valence-electron chi connectivity index (χ1n) is 10.5. The van der Waals surface area contributed by atoms with Gasteiger partial charge in [-0.3, -0.25) is 10.2 Å². The molecule has 0 spiro atoms. The van der Waals surface area contributed by atoms with Crippen LogP contribution >= 0.6 is 48.8 Å². The molecule has 0 bridgehead atoms. The molecule has 0 unspecified atom stereocenters. The van der Waals surface area contributed by atoms with E-state index in [0.717, 1.165) is 36.6 Å². The van der Waals surface area contributed by atoms with Crippen LogP contribution in [0.15, 0.2) is 36.5 Å². The van der Waals surface area contributed by atoms with Crippen LogP contribution in [0.25, 0.3) is 10.9 Å². The highest BCUT2D eigenvalue weighted by Gasteiger charge is 2.27. The Kier molecular flexibility index (Phi) is 11.7. The number of aromatic nitrogens is 3. The smallest absolute Gasteiger partial charge is 0.293 e. The summed E-state index contributed by atoms with van der Waals surface area (Å²) in [5.41, 5.74) is 7.82. The van der Waals surface area contributed by atoms with Crippen LogP contribution in [0.3, 0.4) is 0 Å². The summed E-state index contributed by atoms with van der Waals surface area (Å²) < 4.78 is 0. The van der Waals surface area contributed by atoms with Gasteiger partial charge in [0.15, 0.2) is 5.96 Å². The molecule has 35 heavy (non-hydrogen) atoms. The Bertz CT molecular complexity index is 1160. The number of nitrogens with zero attached hydrogens (tertiary/aromatic N) is 3. The van der Waals surface area contributed by atoms with Gasteiger partial charge in [0.2, 0.25) is 5.82 Å². The second-order valence-corrected chi connectivity index (χ2v) is 8.33. The number of hydrogen-bond donors (Lipinski definition) is 5. The van der Waals surface area contributed by atoms with E-state index in [1.807, 2.05) is 25.1 Å². The fourth-order valence-electron chi connectivity index (χ4n) is 3.94. The van der Waals surface area contributed by atoms with Crippen molar-refractivity contribution >= 4 is 83.1 Å². The Labute approximate surface area is 227 Å². The fraction of sp³-hybridized carbons (Fsp3) is 0.318. The molecule has 1 aromatic carbocycles. The van der Waals surface area contributed by atoms with E-state index in [1.54, 1.807) is 12.1 Å². The van der Waals surface area contributed by atoms with Gasteiger partial charge in [0.05, 0.1) is 17.4 Å². The van der Waals surface area contributed by atoms with Crippen LogP contribution in [0.1, 0.15) is 41.9 Å². The first kappa shape index (κ1) is 30.4. The standard InChI is InChI=1S/C22H25ClN8O.3ClH/c1-12-6-8-15-14(10-12)19(29-16-4-2-3-5-17(16)30-22(24)25)31-20(28-15)21(32)27-13-7-9-18(23)26-11-13;;;/h6-11,16-17H,2-5H2,1H3,(H,27,32)(H4,24,25,30)(H,28,29,31);3*1H/t16-,17+;;;/m0.../s1. The lowest BCUT2D eigenvalue weighted by atomic mass is 9.90. The number of fused-ring (bicyclic) bond motifs is 1. The summed E-state index contributed by atoms with van der Waals surface area (Å²) in [4.78, 5) is 25.9. The van der Waals surface area contributed by atoms with Crippen LogP contribution in [-0.2, 0) is 0 Å². The molecule has 4 rings (SSSR count). The highest BCUT2D eigenvalue weighted by molar-refractivity contribution is 6.29. The molecule has 0 aliphatic heterocycles. The summed E-state index contributed by atoms with van der Waals surface area (Å²) in [7, 11) is 0. The average Bonchev–Trinajstić information content (AvgIpc) is 2.76. The molecule has 190 valence electrons. The Morgan fingerprint density at radius 1 is 1.09 bits per heavy atom. The quantitative estimate of drug-likeness (QED) is 0.172. The molecule has 2 atom stereocenters. The molecule has 1 fully saturated rings. The van der Waals surface area contributed by atoms with Crippen molar-refractivity contribution in [2.24, 2.45) is 5.73 Å². The Morgan fingerprint density at radius 3 is 2.46 bits per heavy atom. The zero-order valence-electron chi connectivity index (χ0n) is 18.9. The van der Waals surface area contributed by atoms with Gasteiger partial charge in [0, 0.05) is 17.5 Å². The number of benzene rings is 1. The summed E-state index contributed by atoms with van der Waals surface area (Å²) >= 11 is 5.82. The average molecular weight is 562 g/mol. The van der Waals surface area contributed by atoms with Crippen LogP contribution < -0.4 is 21.7 Å². The third-order valence-electron chi connectivity index (χ3n) is 5.47. The van der Waals surface area contributed by atoms with Crippen molar-refractivity contribution in [2.45, 2.75) is 44.7 Å². The van der Waals surface area contributed by atoms with Crippen molar-refractivity contribution in [3.05, 3.63) is 53.1 Å². The fourth-order valence-corrected chi connectivity index (χ4v) is 4.05. The third-order valence-corrected chi connectivity index (χ3v) is 5.69. The molecular weight excluding hydrogens is 534 g/mol. The van der Waals surface area contributed by atoms with Crippen molar-refractivity contribution in [3.63, 3.8) is 0 Å². The Balaban J connectivity index is 0.00000204. The van der Waals surface area contributed by atoms with Gasteiger partial charge >= 0.3 is 0 Å². The molecule has 1 aliphatic rings. The maximum Gasteiger partial charge on any atom is 0.293 e. The minimum absolute atomic E-state index is 0. The predicted molar refractivity (Wildman–Crippen MR) is 148 cm³/mol. The lowest BCUT2D eigenvalue weighted by molar-refractivity contribution is 0.101. The first-order valence-corrected chi connectivity index (χ1v) is 10.9. The van der Waals surface area contributed by atoms with Crippen LogP contribution in [0.5, 0.6) is 0 Å². The molecule has 1 aliphatic carbocycles. The van der Waals surface area contributed by atoms with E-state index >= 15 is 0 Å². The zero-order chi connectivity index (χ0) is 22.7. The summed E-state index contributed by atoms with van der Waals surface area (Å²) in [6.07, 6.45) is 5.41. The van der Waals surface area contributed by atoms with Gasteiger partial charge in [-0.25, -0.2) is 15.0 Å². The van der Waals surface area contributed by atoms with E-state index in [9.17, 15) is 4.79 Å². The minimum Gasteiger partial charge on any atom is -0.370 e. The molecule has 2 heterocycles. The highest BCUT2D eigenvalue weighted by atomic mass is 35.5. The van der Waals surface area contributed by atoms with Gasteiger partial charge < -0.3 is 21.7 Å². The molecule has 9 nitrogen and oxygen atoms in total. The number of anilines is 2. The SMILES string of the molecule is Cc1ccc2nc(C(=O)Nc3ccc(Cl)nc3)nc(N[C@H]3CCCC[C@H]3NC(=N)N)c2c1.Cl.Cl.Cl. The van der Waals surface area contributed by atoms with Crippen molar-refractivity contribution in [1.29, 1.82) is 5.41 Å². The number of hydrogen-bond acceptors (Lipinski definition) is 6. The molecule has 1 saturated carbocycles. The number of nitrogens with two attached hydrogens (primary N) is 1. The number of carbonyl (C=O) groups excluding carboxylic acids is 1. The van der Waals surface area contributed by atoms with E-state index in [0.29, 0.717) is 22.2 Å². The van der Waals surface area contributed by atoms with Gasteiger partial charge in [0.25, 0.3) is 5.91 Å². The van der Waals surface area contributed by atoms with Crippen LogP contribution in [0, 0.1) is 12.3 Å². The molecule has 3 aromatic rings. The van der Waals surface area contributed by atoms with Crippen molar-refractivity contribution < 1.29 is 4.79 Å². The van der Waals surface area contributed by atoms with Gasteiger partial charge in [0.1, 0.15) is 11.0 Å². The lowest BCUT2D eigenvalue weighted by Crippen LogP contribution is -2.50. The predicted octanol–water partition coefficient (Wildman–Crippen LogP) is 4.71. The first-order chi connectivity index (χ1) is 15.4.